The molecule has 0 saturated carbocycles. The van der Waals surface area contributed by atoms with E-state index < -0.39 is 0 Å². The number of rotatable bonds is 5. The molecule has 0 aliphatic heterocycles. The summed E-state index contributed by atoms with van der Waals surface area (Å²) in [4.78, 5) is 15.2. The third kappa shape index (κ3) is 2.23. The predicted octanol–water partition coefficient (Wildman–Crippen LogP) is 2.03. The van der Waals surface area contributed by atoms with Crippen LogP contribution in [0.4, 0.5) is 5.69 Å². The summed E-state index contributed by atoms with van der Waals surface area (Å²) in [7, 11) is 1.72. The minimum atomic E-state index is -0.364. The number of aryl methyl sites for hydroxylation is 3. The molecule has 0 bridgehead atoms. The Labute approximate surface area is 111 Å². The Hall–Kier alpha value is -2.18. The molecule has 0 radical (unpaired) electrons. The molecule has 7 heteroatoms. The zero-order chi connectivity index (χ0) is 14.0. The summed E-state index contributed by atoms with van der Waals surface area (Å²) < 4.78 is 3.31. The molecule has 0 spiro atoms. The second-order valence-corrected chi connectivity index (χ2v) is 4.32. The summed E-state index contributed by atoms with van der Waals surface area (Å²) in [5, 5.41) is 15.5. The standard InChI is InChI=1S/C12H17N5O2/c1-4-6-10-13-7-8-16(10)12-11(17(18)19)9(5-2)14-15(12)3/h7-8H,4-6H2,1-3H3. The van der Waals surface area contributed by atoms with Crippen molar-refractivity contribution in [2.75, 3.05) is 0 Å². The zero-order valence-corrected chi connectivity index (χ0v) is 11.3. The molecular formula is C12H17N5O2. The maximum Gasteiger partial charge on any atom is 0.334 e. The summed E-state index contributed by atoms with van der Waals surface area (Å²) in [5.41, 5.74) is 0.569. The molecule has 0 aromatic carbocycles. The minimum Gasteiger partial charge on any atom is -0.282 e. The summed E-state index contributed by atoms with van der Waals surface area (Å²) in [6.45, 7) is 3.91. The first-order valence-electron chi connectivity index (χ1n) is 6.33. The van der Waals surface area contributed by atoms with Crippen LogP contribution in [0.15, 0.2) is 12.4 Å². The number of hydrogen-bond acceptors (Lipinski definition) is 4. The quantitative estimate of drug-likeness (QED) is 0.610. The number of aromatic nitrogens is 4. The molecule has 102 valence electrons. The number of nitrogens with zero attached hydrogens (tertiary/aromatic N) is 5. The van der Waals surface area contributed by atoms with Gasteiger partial charge in [0.15, 0.2) is 0 Å². The van der Waals surface area contributed by atoms with Gasteiger partial charge in [0.2, 0.25) is 5.82 Å². The highest BCUT2D eigenvalue weighted by Crippen LogP contribution is 2.28. The van der Waals surface area contributed by atoms with E-state index in [2.05, 4.69) is 10.1 Å². The smallest absolute Gasteiger partial charge is 0.282 e. The first-order chi connectivity index (χ1) is 9.10. The minimum absolute atomic E-state index is 0.0698. The maximum atomic E-state index is 11.3. The van der Waals surface area contributed by atoms with Crippen LogP contribution in [0.3, 0.4) is 0 Å². The van der Waals surface area contributed by atoms with Crippen molar-refractivity contribution in [2.45, 2.75) is 33.1 Å². The van der Waals surface area contributed by atoms with Crippen LogP contribution >= 0.6 is 0 Å². The number of hydrogen-bond donors (Lipinski definition) is 0. The van der Waals surface area contributed by atoms with E-state index in [0.29, 0.717) is 17.9 Å². The van der Waals surface area contributed by atoms with E-state index in [-0.39, 0.29) is 10.6 Å². The van der Waals surface area contributed by atoms with Gasteiger partial charge in [-0.05, 0) is 12.8 Å². The van der Waals surface area contributed by atoms with Crippen molar-refractivity contribution in [1.29, 1.82) is 0 Å². The van der Waals surface area contributed by atoms with Crippen molar-refractivity contribution in [1.82, 2.24) is 19.3 Å². The van der Waals surface area contributed by atoms with E-state index in [1.807, 2.05) is 13.8 Å². The normalized spacial score (nSPS) is 10.9. The fraction of sp³-hybridized carbons (Fsp3) is 0.500. The van der Waals surface area contributed by atoms with Crippen LogP contribution in [0.5, 0.6) is 0 Å². The lowest BCUT2D eigenvalue weighted by Gasteiger charge is -2.06. The Morgan fingerprint density at radius 2 is 2.16 bits per heavy atom. The van der Waals surface area contributed by atoms with E-state index in [9.17, 15) is 10.1 Å². The van der Waals surface area contributed by atoms with Gasteiger partial charge >= 0.3 is 5.69 Å². The van der Waals surface area contributed by atoms with Crippen LogP contribution in [-0.4, -0.2) is 24.3 Å². The Bertz CT molecular complexity index is 599. The fourth-order valence-corrected chi connectivity index (χ4v) is 2.19. The van der Waals surface area contributed by atoms with Crippen LogP contribution in [0.1, 0.15) is 31.8 Å². The van der Waals surface area contributed by atoms with Crippen LogP contribution < -0.4 is 0 Å². The van der Waals surface area contributed by atoms with Crippen LogP contribution in [0.2, 0.25) is 0 Å². The zero-order valence-electron chi connectivity index (χ0n) is 11.3. The molecule has 0 fully saturated rings. The molecule has 0 N–H and O–H groups in total. The van der Waals surface area contributed by atoms with Gasteiger partial charge in [0, 0.05) is 25.9 Å². The molecule has 0 amide bonds. The Kier molecular flexibility index (Phi) is 3.64. The van der Waals surface area contributed by atoms with Crippen molar-refractivity contribution in [3.63, 3.8) is 0 Å². The van der Waals surface area contributed by atoms with Crippen molar-refractivity contribution in [3.05, 3.63) is 34.0 Å². The van der Waals surface area contributed by atoms with Crippen LogP contribution in [-0.2, 0) is 19.9 Å². The Balaban J connectivity index is 2.64. The lowest BCUT2D eigenvalue weighted by molar-refractivity contribution is -0.385. The van der Waals surface area contributed by atoms with Crippen LogP contribution in [0.25, 0.3) is 5.82 Å². The third-order valence-corrected chi connectivity index (χ3v) is 3.00. The monoisotopic (exact) mass is 263 g/mol. The Morgan fingerprint density at radius 3 is 2.74 bits per heavy atom. The molecule has 2 rings (SSSR count). The van der Waals surface area contributed by atoms with Gasteiger partial charge in [0.25, 0.3) is 0 Å². The fourth-order valence-electron chi connectivity index (χ4n) is 2.19. The second kappa shape index (κ2) is 5.21. The number of nitro groups is 1. The van der Waals surface area contributed by atoms with Gasteiger partial charge in [-0.15, -0.1) is 0 Å². The maximum absolute atomic E-state index is 11.3. The molecule has 0 atom stereocenters. The van der Waals surface area contributed by atoms with E-state index >= 15 is 0 Å². The molecule has 2 aromatic rings. The molecule has 0 saturated heterocycles. The lowest BCUT2D eigenvalue weighted by Crippen LogP contribution is -2.08. The average Bonchev–Trinajstić information content (AvgIpc) is 2.93. The van der Waals surface area contributed by atoms with Gasteiger partial charge in [-0.25, -0.2) is 9.67 Å². The molecule has 2 aromatic heterocycles. The van der Waals surface area contributed by atoms with E-state index in [4.69, 9.17) is 0 Å². The topological polar surface area (TPSA) is 78.8 Å². The van der Waals surface area contributed by atoms with E-state index in [1.165, 1.54) is 0 Å². The Morgan fingerprint density at radius 1 is 1.42 bits per heavy atom. The van der Waals surface area contributed by atoms with E-state index in [0.717, 1.165) is 18.7 Å². The van der Waals surface area contributed by atoms with Crippen LogP contribution in [0, 0.1) is 10.1 Å². The van der Waals surface area contributed by atoms with Gasteiger partial charge in [0.1, 0.15) is 11.5 Å². The van der Waals surface area contributed by atoms with Gasteiger partial charge < -0.3 is 0 Å². The van der Waals surface area contributed by atoms with Crippen molar-refractivity contribution < 1.29 is 4.92 Å². The highest BCUT2D eigenvalue weighted by molar-refractivity contribution is 5.52. The molecular weight excluding hydrogens is 246 g/mol. The summed E-state index contributed by atoms with van der Waals surface area (Å²) in [5.74, 6) is 1.29. The number of imidazole rings is 1. The van der Waals surface area contributed by atoms with Crippen molar-refractivity contribution in [3.8, 4) is 5.82 Å². The molecule has 0 unspecified atom stereocenters. The SMILES string of the molecule is CCCc1nccn1-c1c([N+](=O)[O-])c(CC)nn1C. The highest BCUT2D eigenvalue weighted by atomic mass is 16.6. The molecule has 19 heavy (non-hydrogen) atoms. The molecule has 2 heterocycles. The second-order valence-electron chi connectivity index (χ2n) is 4.32. The van der Waals surface area contributed by atoms with Gasteiger partial charge in [-0.1, -0.05) is 13.8 Å². The first-order valence-corrected chi connectivity index (χ1v) is 6.33. The van der Waals surface area contributed by atoms with Gasteiger partial charge in [0.05, 0.1) is 4.92 Å². The van der Waals surface area contributed by atoms with Crippen molar-refractivity contribution >= 4 is 5.69 Å². The molecule has 0 aliphatic carbocycles. The first kappa shape index (κ1) is 13.3. The average molecular weight is 263 g/mol. The van der Waals surface area contributed by atoms with E-state index in [1.54, 1.807) is 28.7 Å². The van der Waals surface area contributed by atoms with Gasteiger partial charge in [-0.2, -0.15) is 5.10 Å². The third-order valence-electron chi connectivity index (χ3n) is 3.00. The largest absolute Gasteiger partial charge is 0.334 e. The summed E-state index contributed by atoms with van der Waals surface area (Å²) in [6, 6.07) is 0. The summed E-state index contributed by atoms with van der Waals surface area (Å²) in [6.07, 6.45) is 5.64. The van der Waals surface area contributed by atoms with Crippen molar-refractivity contribution in [2.24, 2.45) is 7.05 Å². The molecule has 0 aliphatic rings. The molecule has 7 nitrogen and oxygen atoms in total. The lowest BCUT2D eigenvalue weighted by atomic mass is 10.3. The summed E-state index contributed by atoms with van der Waals surface area (Å²) >= 11 is 0. The van der Waals surface area contributed by atoms with Gasteiger partial charge in [-0.3, -0.25) is 14.7 Å². The highest BCUT2D eigenvalue weighted by Gasteiger charge is 2.27. The predicted molar refractivity (Wildman–Crippen MR) is 70.4 cm³/mol.